The summed E-state index contributed by atoms with van der Waals surface area (Å²) >= 11 is 0. The molecule has 5 heterocycles. The molecule has 218 valence electrons. The van der Waals surface area contributed by atoms with Gasteiger partial charge in [0.05, 0.1) is 16.6 Å². The van der Waals surface area contributed by atoms with Crippen LogP contribution in [0.4, 0.5) is 26.3 Å². The average Bonchev–Trinajstić information content (AvgIpc) is 3.03. The third-order valence-electron chi connectivity index (χ3n) is 6.54. The molecule has 0 amide bonds. The maximum Gasteiger partial charge on any atom is 0.418 e. The Morgan fingerprint density at radius 2 is 0.761 bits per heavy atom. The van der Waals surface area contributed by atoms with Crippen molar-refractivity contribution in [2.45, 2.75) is 12.4 Å². The van der Waals surface area contributed by atoms with Crippen LogP contribution in [0.5, 0.6) is 0 Å². The molecule has 46 heavy (non-hydrogen) atoms. The summed E-state index contributed by atoms with van der Waals surface area (Å²) in [6.45, 7) is 0. The van der Waals surface area contributed by atoms with Gasteiger partial charge in [-0.2, -0.15) is 47.4 Å². The molecule has 5 aromatic heterocycles. The van der Waals surface area contributed by atoms with Crippen LogP contribution < -0.4 is 0 Å². The molecule has 0 atom stereocenters. The Morgan fingerprint density at radius 3 is 1.09 bits per heavy atom. The lowest BCUT2D eigenvalue weighted by atomic mass is 10.1. The van der Waals surface area contributed by atoms with Crippen molar-refractivity contribution >= 4 is 66.7 Å². The summed E-state index contributed by atoms with van der Waals surface area (Å²) in [4.78, 5) is 41.2. The zero-order valence-electron chi connectivity index (χ0n) is 21.7. The van der Waals surface area contributed by atoms with E-state index in [9.17, 15) is 47.4 Å². The summed E-state index contributed by atoms with van der Waals surface area (Å²) in [5.41, 5.74) is -10.0. The van der Waals surface area contributed by atoms with Crippen molar-refractivity contribution in [3.05, 3.63) is 46.0 Å². The van der Waals surface area contributed by atoms with Crippen molar-refractivity contribution in [3.8, 4) is 24.3 Å². The molecular formula is C26H2F6N14. The third-order valence-corrected chi connectivity index (χ3v) is 6.54. The van der Waals surface area contributed by atoms with Gasteiger partial charge in [-0.1, -0.05) is 0 Å². The highest BCUT2D eigenvalue weighted by molar-refractivity contribution is 6.20. The van der Waals surface area contributed by atoms with E-state index in [1.807, 2.05) is 0 Å². The summed E-state index contributed by atoms with van der Waals surface area (Å²) in [6, 6.07) is 6.98. The number of rotatable bonds is 0. The molecule has 0 aliphatic heterocycles. The fraction of sp³-hybridized carbons (Fsp3) is 0.0769. The Morgan fingerprint density at radius 1 is 0.413 bits per heavy atom. The van der Waals surface area contributed by atoms with Crippen LogP contribution >= 0.6 is 0 Å². The summed E-state index contributed by atoms with van der Waals surface area (Å²) in [5.74, 6) is 0. The SMILES string of the molecule is N#Cc1nc2nc3c4nc5cc(C(F)(F)F)cc(C(F)(F)F)c5nc4c4nc5nc(C#N)c(C#N)nc5nc4c3nc2nc1C#N. The largest absolute Gasteiger partial charge is 0.418 e. The van der Waals surface area contributed by atoms with Gasteiger partial charge in [-0.05, 0) is 12.1 Å². The Hall–Kier alpha value is -7.06. The van der Waals surface area contributed by atoms with E-state index in [0.717, 1.165) is 0 Å². The zero-order valence-corrected chi connectivity index (χ0v) is 21.7. The molecule has 7 aromatic rings. The van der Waals surface area contributed by atoms with Crippen molar-refractivity contribution in [1.82, 2.24) is 49.8 Å². The Bertz CT molecular complexity index is 2730. The van der Waals surface area contributed by atoms with E-state index in [-0.39, 0.29) is 50.7 Å². The van der Waals surface area contributed by atoms with Gasteiger partial charge < -0.3 is 0 Å². The molecule has 7 rings (SSSR count). The minimum atomic E-state index is -5.30. The topological polar surface area (TPSA) is 224 Å². The molecule has 14 nitrogen and oxygen atoms in total. The zero-order chi connectivity index (χ0) is 32.7. The van der Waals surface area contributed by atoms with Crippen molar-refractivity contribution in [2.75, 3.05) is 0 Å². The highest BCUT2D eigenvalue weighted by atomic mass is 19.4. The molecule has 0 saturated heterocycles. The number of nitrogens with zero attached hydrogens (tertiary/aromatic N) is 14. The summed E-state index contributed by atoms with van der Waals surface area (Å²) in [7, 11) is 0. The van der Waals surface area contributed by atoms with Crippen LogP contribution in [0, 0.1) is 45.3 Å². The first-order chi connectivity index (χ1) is 21.8. The highest BCUT2D eigenvalue weighted by Gasteiger charge is 2.39. The molecule has 0 saturated carbocycles. The summed E-state index contributed by atoms with van der Waals surface area (Å²) in [5, 5.41) is 37.5. The van der Waals surface area contributed by atoms with E-state index in [0.29, 0.717) is 6.07 Å². The average molecular weight is 624 g/mol. The molecule has 0 N–H and O–H groups in total. The predicted octanol–water partition coefficient (Wildman–Crippen LogP) is 4.08. The number of halogens is 6. The van der Waals surface area contributed by atoms with Crippen LogP contribution in [-0.2, 0) is 12.4 Å². The molecule has 0 bridgehead atoms. The molecule has 2 aromatic carbocycles. The van der Waals surface area contributed by atoms with E-state index < -0.39 is 68.3 Å². The molecule has 0 aliphatic rings. The van der Waals surface area contributed by atoms with Gasteiger partial charge in [0.2, 0.25) is 0 Å². The highest BCUT2D eigenvalue weighted by Crippen LogP contribution is 2.41. The van der Waals surface area contributed by atoms with E-state index >= 15 is 0 Å². The first-order valence-electron chi connectivity index (χ1n) is 12.2. The maximum absolute atomic E-state index is 14.1. The third kappa shape index (κ3) is 4.02. The smallest absolute Gasteiger partial charge is 0.242 e. The minimum absolute atomic E-state index is 0.0969. The fourth-order valence-electron chi connectivity index (χ4n) is 4.61. The van der Waals surface area contributed by atoms with Crippen molar-refractivity contribution in [1.29, 1.82) is 21.0 Å². The van der Waals surface area contributed by atoms with Crippen LogP contribution in [0.15, 0.2) is 12.1 Å². The van der Waals surface area contributed by atoms with Gasteiger partial charge in [-0.3, -0.25) is 0 Å². The van der Waals surface area contributed by atoms with E-state index in [4.69, 9.17) is 0 Å². The monoisotopic (exact) mass is 624 g/mol. The van der Waals surface area contributed by atoms with E-state index in [2.05, 4.69) is 49.8 Å². The number of alkyl halides is 6. The fourth-order valence-corrected chi connectivity index (χ4v) is 4.61. The second-order valence-electron chi connectivity index (χ2n) is 9.23. The molecule has 0 aliphatic carbocycles. The van der Waals surface area contributed by atoms with Gasteiger partial charge in [0, 0.05) is 0 Å². The number of benzene rings is 2. The maximum atomic E-state index is 14.1. The van der Waals surface area contributed by atoms with Crippen molar-refractivity contribution in [2.24, 2.45) is 0 Å². The number of aromatic nitrogens is 10. The summed E-state index contributed by atoms with van der Waals surface area (Å²) in [6.07, 6.45) is -10.5. The van der Waals surface area contributed by atoms with E-state index in [1.54, 1.807) is 24.3 Å². The normalized spacial score (nSPS) is 12.0. The predicted molar refractivity (Wildman–Crippen MR) is 138 cm³/mol. The standard InChI is InChI=1S/C26H2F6N14/c27-25(28,29)7-1-8(26(30,31)32)14-9(2-7)37-15-16(42-14)18-20(46-24-22(44-18)39-11(4-34)13(6-36)41-24)19-17(15)43-21-23(45-19)40-12(5-35)10(3-33)38-21/h1-2H. The molecule has 0 unspecified atom stereocenters. The van der Waals surface area contributed by atoms with Crippen molar-refractivity contribution < 1.29 is 26.3 Å². The quantitative estimate of drug-likeness (QED) is 0.132. The van der Waals surface area contributed by atoms with Crippen LogP contribution in [0.25, 0.3) is 66.7 Å². The molecule has 0 spiro atoms. The number of hydrogen-bond acceptors (Lipinski definition) is 14. The van der Waals surface area contributed by atoms with Crippen LogP contribution in [0.3, 0.4) is 0 Å². The minimum Gasteiger partial charge on any atom is -0.242 e. The first kappa shape index (κ1) is 27.8. The lowest BCUT2D eigenvalue weighted by Gasteiger charge is -2.15. The lowest BCUT2D eigenvalue weighted by molar-refractivity contribution is -0.142. The Labute approximate surface area is 246 Å². The number of nitriles is 4. The van der Waals surface area contributed by atoms with Gasteiger partial charge in [0.1, 0.15) is 62.9 Å². The molecular weight excluding hydrogens is 622 g/mol. The van der Waals surface area contributed by atoms with Gasteiger partial charge in [-0.15, -0.1) is 0 Å². The first-order valence-corrected chi connectivity index (χ1v) is 12.2. The van der Waals surface area contributed by atoms with Crippen LogP contribution in [0.1, 0.15) is 33.9 Å². The molecule has 20 heteroatoms. The van der Waals surface area contributed by atoms with E-state index in [1.165, 1.54) is 0 Å². The lowest BCUT2D eigenvalue weighted by Crippen LogP contribution is -2.13. The van der Waals surface area contributed by atoms with Crippen LogP contribution in [0.2, 0.25) is 0 Å². The van der Waals surface area contributed by atoms with Gasteiger partial charge >= 0.3 is 12.4 Å². The summed E-state index contributed by atoms with van der Waals surface area (Å²) < 4.78 is 83.3. The second kappa shape index (κ2) is 9.22. The number of fused-ring (bicyclic) bond motifs is 9. The molecule has 0 radical (unpaired) electrons. The Balaban J connectivity index is 1.75. The van der Waals surface area contributed by atoms with Crippen LogP contribution in [-0.4, -0.2) is 49.8 Å². The Kier molecular flexibility index (Phi) is 5.56. The molecule has 0 fully saturated rings. The second-order valence-corrected chi connectivity index (χ2v) is 9.23. The van der Waals surface area contributed by atoms with Crippen molar-refractivity contribution in [3.63, 3.8) is 0 Å². The van der Waals surface area contributed by atoms with Gasteiger partial charge in [-0.25, -0.2) is 49.8 Å². The van der Waals surface area contributed by atoms with Gasteiger partial charge in [0.15, 0.2) is 45.4 Å². The number of hydrogen-bond donors (Lipinski definition) is 0. The van der Waals surface area contributed by atoms with Gasteiger partial charge in [0.25, 0.3) is 0 Å².